The smallest absolute Gasteiger partial charge is 0.236 e. The number of likely N-dealkylation sites (N-methyl/N-ethyl adjacent to an activating group) is 1. The molecular formula is C14H20N6O2. The number of methoxy groups -OCH3 is 1. The molecule has 1 aliphatic heterocycles. The third-order valence-electron chi connectivity index (χ3n) is 3.83. The normalized spacial score (nSPS) is 21.4. The monoisotopic (exact) mass is 304 g/mol. The van der Waals surface area contributed by atoms with Crippen LogP contribution >= 0.6 is 0 Å². The molecule has 3 heterocycles. The Kier molecular flexibility index (Phi) is 4.59. The maximum absolute atomic E-state index is 5.86. The van der Waals surface area contributed by atoms with E-state index in [1.165, 1.54) is 0 Å². The molecule has 0 aliphatic carbocycles. The van der Waals surface area contributed by atoms with E-state index in [0.29, 0.717) is 12.4 Å². The zero-order valence-corrected chi connectivity index (χ0v) is 12.8. The molecule has 0 saturated carbocycles. The Labute approximate surface area is 128 Å². The fourth-order valence-electron chi connectivity index (χ4n) is 2.80. The van der Waals surface area contributed by atoms with Crippen LogP contribution in [0.25, 0.3) is 0 Å². The average molecular weight is 304 g/mol. The van der Waals surface area contributed by atoms with E-state index in [0.717, 1.165) is 31.1 Å². The molecule has 0 bridgehead atoms. The molecule has 1 aliphatic rings. The molecule has 0 amide bonds. The van der Waals surface area contributed by atoms with Crippen LogP contribution in [0.4, 0.5) is 0 Å². The van der Waals surface area contributed by atoms with Crippen LogP contribution in [0, 0.1) is 0 Å². The summed E-state index contributed by atoms with van der Waals surface area (Å²) in [5, 5.41) is 6.88. The predicted molar refractivity (Wildman–Crippen MR) is 78.4 cm³/mol. The average Bonchev–Trinajstić information content (AvgIpc) is 3.18. The standard InChI is InChI=1S/C14H20N6O2/c1-20(7-11-14(21-2)16-5-4-15-11)8-12-10(3-6-22-12)13-17-9-18-19-13/h4-5,9-10,12H,3,6-8H2,1-2H3,(H,17,18,19)/t10-,12-/m1/s1. The lowest BCUT2D eigenvalue weighted by atomic mass is 10.0. The van der Waals surface area contributed by atoms with Crippen molar-refractivity contribution in [1.82, 2.24) is 30.0 Å². The summed E-state index contributed by atoms with van der Waals surface area (Å²) in [4.78, 5) is 14.9. The zero-order chi connectivity index (χ0) is 15.4. The van der Waals surface area contributed by atoms with Crippen molar-refractivity contribution in [2.24, 2.45) is 0 Å². The van der Waals surface area contributed by atoms with Crippen molar-refractivity contribution >= 4 is 0 Å². The first kappa shape index (κ1) is 14.9. The first-order valence-corrected chi connectivity index (χ1v) is 7.27. The van der Waals surface area contributed by atoms with Crippen LogP contribution in [-0.2, 0) is 11.3 Å². The Bertz CT molecular complexity index is 591. The van der Waals surface area contributed by atoms with Crippen molar-refractivity contribution in [3.8, 4) is 5.88 Å². The van der Waals surface area contributed by atoms with Crippen LogP contribution in [0.1, 0.15) is 23.9 Å². The summed E-state index contributed by atoms with van der Waals surface area (Å²) in [7, 11) is 3.64. The van der Waals surface area contributed by atoms with Gasteiger partial charge in [0.05, 0.1) is 13.2 Å². The van der Waals surface area contributed by atoms with Crippen molar-refractivity contribution in [3.63, 3.8) is 0 Å². The number of H-pyrrole nitrogens is 1. The molecule has 1 fully saturated rings. The van der Waals surface area contributed by atoms with Crippen LogP contribution in [0.5, 0.6) is 5.88 Å². The van der Waals surface area contributed by atoms with Crippen LogP contribution in [0.15, 0.2) is 18.7 Å². The van der Waals surface area contributed by atoms with E-state index in [-0.39, 0.29) is 12.0 Å². The summed E-state index contributed by atoms with van der Waals surface area (Å²) in [6.45, 7) is 2.18. The minimum atomic E-state index is 0.0978. The third-order valence-corrected chi connectivity index (χ3v) is 3.83. The summed E-state index contributed by atoms with van der Waals surface area (Å²) < 4.78 is 11.1. The van der Waals surface area contributed by atoms with Crippen LogP contribution < -0.4 is 4.74 Å². The summed E-state index contributed by atoms with van der Waals surface area (Å²) in [5.74, 6) is 1.72. The number of rotatable bonds is 6. The van der Waals surface area contributed by atoms with Crippen molar-refractivity contribution in [2.45, 2.75) is 25.0 Å². The first-order chi connectivity index (χ1) is 10.8. The molecule has 2 aromatic heterocycles. The lowest BCUT2D eigenvalue weighted by Gasteiger charge is -2.23. The van der Waals surface area contributed by atoms with E-state index >= 15 is 0 Å². The molecule has 8 nitrogen and oxygen atoms in total. The highest BCUT2D eigenvalue weighted by Gasteiger charge is 2.32. The largest absolute Gasteiger partial charge is 0.480 e. The van der Waals surface area contributed by atoms with E-state index in [2.05, 4.69) is 30.0 Å². The van der Waals surface area contributed by atoms with Gasteiger partial charge in [-0.1, -0.05) is 0 Å². The van der Waals surface area contributed by atoms with Crippen LogP contribution in [0.2, 0.25) is 0 Å². The van der Waals surface area contributed by atoms with Gasteiger partial charge < -0.3 is 9.47 Å². The number of ether oxygens (including phenoxy) is 2. The minimum absolute atomic E-state index is 0.0978. The first-order valence-electron chi connectivity index (χ1n) is 7.27. The Morgan fingerprint density at radius 1 is 1.36 bits per heavy atom. The van der Waals surface area contributed by atoms with E-state index in [4.69, 9.17) is 9.47 Å². The minimum Gasteiger partial charge on any atom is -0.480 e. The van der Waals surface area contributed by atoms with E-state index < -0.39 is 0 Å². The van der Waals surface area contributed by atoms with Crippen LogP contribution in [0.3, 0.4) is 0 Å². The number of aromatic amines is 1. The molecule has 1 saturated heterocycles. The van der Waals surface area contributed by atoms with Crippen molar-refractivity contribution < 1.29 is 9.47 Å². The number of nitrogens with zero attached hydrogens (tertiary/aromatic N) is 5. The molecule has 3 rings (SSSR count). The van der Waals surface area contributed by atoms with Crippen molar-refractivity contribution in [1.29, 1.82) is 0 Å². The number of hydrogen-bond donors (Lipinski definition) is 1. The van der Waals surface area contributed by atoms with Gasteiger partial charge in [-0.05, 0) is 13.5 Å². The molecule has 118 valence electrons. The van der Waals surface area contributed by atoms with Gasteiger partial charge in [-0.15, -0.1) is 0 Å². The van der Waals surface area contributed by atoms with Gasteiger partial charge in [0.2, 0.25) is 5.88 Å². The number of aromatic nitrogens is 5. The zero-order valence-electron chi connectivity index (χ0n) is 12.8. The maximum atomic E-state index is 5.86. The summed E-state index contributed by atoms with van der Waals surface area (Å²) in [5.41, 5.74) is 0.821. The second-order valence-electron chi connectivity index (χ2n) is 5.38. The fourth-order valence-corrected chi connectivity index (χ4v) is 2.80. The summed E-state index contributed by atoms with van der Waals surface area (Å²) in [6, 6.07) is 0. The molecular weight excluding hydrogens is 284 g/mol. The molecule has 0 spiro atoms. The molecule has 0 unspecified atom stereocenters. The molecule has 0 radical (unpaired) electrons. The lowest BCUT2D eigenvalue weighted by molar-refractivity contribution is 0.0705. The maximum Gasteiger partial charge on any atom is 0.236 e. The molecule has 8 heteroatoms. The van der Waals surface area contributed by atoms with Gasteiger partial charge in [0.25, 0.3) is 0 Å². The third kappa shape index (κ3) is 3.23. The number of nitrogens with one attached hydrogen (secondary N) is 1. The Morgan fingerprint density at radius 2 is 2.23 bits per heavy atom. The molecule has 1 N–H and O–H groups in total. The predicted octanol–water partition coefficient (Wildman–Crippen LogP) is 0.608. The SMILES string of the molecule is COc1nccnc1CN(C)C[C@H]1OCC[C@H]1c1ncn[nH]1. The van der Waals surface area contributed by atoms with Gasteiger partial charge in [-0.2, -0.15) is 5.10 Å². The van der Waals surface area contributed by atoms with E-state index in [9.17, 15) is 0 Å². The summed E-state index contributed by atoms with van der Waals surface area (Å²) >= 11 is 0. The molecule has 2 aromatic rings. The van der Waals surface area contributed by atoms with Crippen molar-refractivity contribution in [2.75, 3.05) is 27.3 Å². The van der Waals surface area contributed by atoms with E-state index in [1.807, 2.05) is 7.05 Å². The fraction of sp³-hybridized carbons (Fsp3) is 0.571. The summed E-state index contributed by atoms with van der Waals surface area (Å²) in [6.07, 6.45) is 5.90. The molecule has 0 aromatic carbocycles. The quantitative estimate of drug-likeness (QED) is 0.836. The lowest BCUT2D eigenvalue weighted by Crippen LogP contribution is -2.32. The second-order valence-corrected chi connectivity index (χ2v) is 5.38. The highest BCUT2D eigenvalue weighted by Crippen LogP contribution is 2.29. The van der Waals surface area contributed by atoms with Crippen LogP contribution in [-0.4, -0.2) is 63.5 Å². The van der Waals surface area contributed by atoms with Gasteiger partial charge in [-0.25, -0.2) is 9.97 Å². The Hall–Kier alpha value is -2.06. The van der Waals surface area contributed by atoms with Gasteiger partial charge >= 0.3 is 0 Å². The van der Waals surface area contributed by atoms with Gasteiger partial charge in [0.15, 0.2) is 0 Å². The van der Waals surface area contributed by atoms with E-state index in [1.54, 1.807) is 25.8 Å². The Balaban J connectivity index is 1.62. The van der Waals surface area contributed by atoms with Gasteiger partial charge in [0.1, 0.15) is 17.8 Å². The van der Waals surface area contributed by atoms with Gasteiger partial charge in [0, 0.05) is 38.0 Å². The molecule has 2 atom stereocenters. The topological polar surface area (TPSA) is 89.1 Å². The highest BCUT2D eigenvalue weighted by molar-refractivity contribution is 5.16. The number of hydrogen-bond acceptors (Lipinski definition) is 7. The van der Waals surface area contributed by atoms with Crippen molar-refractivity contribution in [3.05, 3.63) is 30.2 Å². The molecule has 22 heavy (non-hydrogen) atoms. The Morgan fingerprint density at radius 3 is 3.00 bits per heavy atom. The highest BCUT2D eigenvalue weighted by atomic mass is 16.5. The second kappa shape index (κ2) is 6.80. The van der Waals surface area contributed by atoms with Gasteiger partial charge in [-0.3, -0.25) is 15.0 Å².